The van der Waals surface area contributed by atoms with Crippen molar-refractivity contribution in [1.82, 2.24) is 9.97 Å². The fourth-order valence-electron chi connectivity index (χ4n) is 1.50. The van der Waals surface area contributed by atoms with Crippen LogP contribution < -0.4 is 5.32 Å². The topological polar surface area (TPSA) is 64.1 Å². The van der Waals surface area contributed by atoms with Gasteiger partial charge in [-0.05, 0) is 24.3 Å². The molecule has 2 heterocycles. The number of hydrogen-bond acceptors (Lipinski definition) is 5. The average Bonchev–Trinajstić information content (AvgIpc) is 2.45. The number of anilines is 1. The minimum absolute atomic E-state index is 0.411. The first-order valence-corrected chi connectivity index (χ1v) is 5.48. The lowest BCUT2D eigenvalue weighted by Crippen LogP contribution is -2.10. The Morgan fingerprint density at radius 2 is 2.06 bits per heavy atom. The third-order valence-corrected chi connectivity index (χ3v) is 2.38. The van der Waals surface area contributed by atoms with Gasteiger partial charge in [-0.1, -0.05) is 6.07 Å². The molecule has 0 aliphatic carbocycles. The van der Waals surface area contributed by atoms with Crippen molar-refractivity contribution in [2.75, 3.05) is 12.4 Å². The molecule has 0 spiro atoms. The highest BCUT2D eigenvalue weighted by Gasteiger charge is 2.11. The summed E-state index contributed by atoms with van der Waals surface area (Å²) in [5, 5.41) is 3.07. The molecule has 0 unspecified atom stereocenters. The molecule has 5 heteroatoms. The monoisotopic (exact) mass is 243 g/mol. The largest absolute Gasteiger partial charge is 0.465 e. The summed E-state index contributed by atoms with van der Waals surface area (Å²) in [6, 6.07) is 9.01. The van der Waals surface area contributed by atoms with Crippen LogP contribution in [-0.2, 0) is 11.3 Å². The van der Waals surface area contributed by atoms with Crippen LogP contribution in [0.5, 0.6) is 0 Å². The molecule has 0 aliphatic rings. The molecule has 0 amide bonds. The quantitative estimate of drug-likeness (QED) is 0.830. The number of rotatable bonds is 4. The van der Waals surface area contributed by atoms with E-state index in [-0.39, 0.29) is 0 Å². The summed E-state index contributed by atoms with van der Waals surface area (Å²) < 4.78 is 4.69. The number of aromatic nitrogens is 2. The molecule has 0 aliphatic heterocycles. The van der Waals surface area contributed by atoms with E-state index in [1.807, 2.05) is 18.2 Å². The molecule has 0 saturated heterocycles. The van der Waals surface area contributed by atoms with Gasteiger partial charge in [0.15, 0.2) is 0 Å². The summed E-state index contributed by atoms with van der Waals surface area (Å²) in [7, 11) is 1.35. The first-order chi connectivity index (χ1) is 8.81. The van der Waals surface area contributed by atoms with Crippen molar-refractivity contribution in [2.24, 2.45) is 0 Å². The van der Waals surface area contributed by atoms with Gasteiger partial charge in [0.25, 0.3) is 0 Å². The molecular weight excluding hydrogens is 230 g/mol. The Kier molecular flexibility index (Phi) is 3.86. The molecule has 5 nitrogen and oxygen atoms in total. The Balaban J connectivity index is 2.12. The number of nitrogens with zero attached hydrogens (tertiary/aromatic N) is 2. The van der Waals surface area contributed by atoms with Gasteiger partial charge in [-0.3, -0.25) is 4.98 Å². The van der Waals surface area contributed by atoms with Gasteiger partial charge in [0.05, 0.1) is 19.3 Å². The number of pyridine rings is 2. The van der Waals surface area contributed by atoms with Gasteiger partial charge in [0.2, 0.25) is 0 Å². The van der Waals surface area contributed by atoms with Gasteiger partial charge in [-0.2, -0.15) is 0 Å². The zero-order valence-electron chi connectivity index (χ0n) is 9.96. The Labute approximate surface area is 105 Å². The zero-order chi connectivity index (χ0) is 12.8. The number of hydrogen-bond donors (Lipinski definition) is 1. The summed E-state index contributed by atoms with van der Waals surface area (Å²) in [5.41, 5.74) is 1.29. The van der Waals surface area contributed by atoms with E-state index in [4.69, 9.17) is 4.74 Å². The van der Waals surface area contributed by atoms with Crippen molar-refractivity contribution >= 4 is 11.8 Å². The Morgan fingerprint density at radius 1 is 1.22 bits per heavy atom. The van der Waals surface area contributed by atoms with Crippen LogP contribution in [0.3, 0.4) is 0 Å². The van der Waals surface area contributed by atoms with Crippen molar-refractivity contribution in [3.8, 4) is 0 Å². The number of methoxy groups -OCH3 is 1. The molecule has 1 N–H and O–H groups in total. The maximum Gasteiger partial charge on any atom is 0.341 e. The van der Waals surface area contributed by atoms with Crippen LogP contribution >= 0.6 is 0 Å². The molecule has 0 saturated carbocycles. The van der Waals surface area contributed by atoms with Gasteiger partial charge in [-0.25, -0.2) is 9.78 Å². The van der Waals surface area contributed by atoms with Gasteiger partial charge in [0.1, 0.15) is 11.4 Å². The summed E-state index contributed by atoms with van der Waals surface area (Å²) in [6.45, 7) is 0.502. The van der Waals surface area contributed by atoms with Crippen molar-refractivity contribution < 1.29 is 9.53 Å². The number of esters is 1. The second-order valence-corrected chi connectivity index (χ2v) is 3.57. The lowest BCUT2D eigenvalue weighted by molar-refractivity contribution is 0.0601. The minimum Gasteiger partial charge on any atom is -0.465 e. The second kappa shape index (κ2) is 5.77. The highest BCUT2D eigenvalue weighted by Crippen LogP contribution is 2.13. The Morgan fingerprint density at radius 3 is 2.78 bits per heavy atom. The number of nitrogens with one attached hydrogen (secondary N) is 1. The minimum atomic E-state index is -0.411. The summed E-state index contributed by atoms with van der Waals surface area (Å²) >= 11 is 0. The predicted molar refractivity (Wildman–Crippen MR) is 67.1 cm³/mol. The highest BCUT2D eigenvalue weighted by molar-refractivity contribution is 5.94. The van der Waals surface area contributed by atoms with Gasteiger partial charge < -0.3 is 10.1 Å². The maximum absolute atomic E-state index is 11.5. The van der Waals surface area contributed by atoms with E-state index in [1.54, 1.807) is 24.5 Å². The Bertz CT molecular complexity index is 529. The van der Waals surface area contributed by atoms with Crippen molar-refractivity contribution in [2.45, 2.75) is 6.54 Å². The smallest absolute Gasteiger partial charge is 0.341 e. The highest BCUT2D eigenvalue weighted by atomic mass is 16.5. The van der Waals surface area contributed by atoms with Crippen LogP contribution in [0.4, 0.5) is 5.82 Å². The molecule has 0 radical (unpaired) electrons. The van der Waals surface area contributed by atoms with Crippen LogP contribution in [0.1, 0.15) is 16.1 Å². The molecule has 0 fully saturated rings. The number of carbonyl (C=O) groups excluding carboxylic acids is 1. The lowest BCUT2D eigenvalue weighted by Gasteiger charge is -2.08. The van der Waals surface area contributed by atoms with E-state index in [1.165, 1.54) is 7.11 Å². The predicted octanol–water partition coefficient (Wildman–Crippen LogP) is 1.88. The second-order valence-electron chi connectivity index (χ2n) is 3.57. The van der Waals surface area contributed by atoms with Gasteiger partial charge in [0, 0.05) is 12.4 Å². The zero-order valence-corrected chi connectivity index (χ0v) is 9.96. The Hall–Kier alpha value is -2.43. The fraction of sp³-hybridized carbons (Fsp3) is 0.154. The van der Waals surface area contributed by atoms with Crippen LogP contribution in [0, 0.1) is 0 Å². The van der Waals surface area contributed by atoms with Gasteiger partial charge >= 0.3 is 5.97 Å². The van der Waals surface area contributed by atoms with E-state index in [2.05, 4.69) is 15.3 Å². The summed E-state index contributed by atoms with van der Waals surface area (Å²) in [4.78, 5) is 19.8. The van der Waals surface area contributed by atoms with Crippen LogP contribution in [0.2, 0.25) is 0 Å². The third-order valence-electron chi connectivity index (χ3n) is 2.38. The molecule has 0 atom stereocenters. The summed E-state index contributed by atoms with van der Waals surface area (Å²) in [5.74, 6) is 0.0848. The number of ether oxygens (including phenoxy) is 1. The molecule has 18 heavy (non-hydrogen) atoms. The lowest BCUT2D eigenvalue weighted by atomic mass is 10.2. The van der Waals surface area contributed by atoms with E-state index < -0.39 is 5.97 Å². The van der Waals surface area contributed by atoms with Gasteiger partial charge in [-0.15, -0.1) is 0 Å². The third kappa shape index (κ3) is 2.82. The molecule has 2 rings (SSSR count). The van der Waals surface area contributed by atoms with Crippen LogP contribution in [-0.4, -0.2) is 23.0 Å². The maximum atomic E-state index is 11.5. The average molecular weight is 243 g/mol. The van der Waals surface area contributed by atoms with Crippen molar-refractivity contribution in [3.05, 3.63) is 54.0 Å². The summed E-state index contributed by atoms with van der Waals surface area (Å²) in [6.07, 6.45) is 3.34. The molecule has 2 aromatic rings. The first-order valence-electron chi connectivity index (χ1n) is 5.48. The SMILES string of the molecule is COC(=O)c1cccnc1NCc1ccccn1. The molecule has 0 bridgehead atoms. The molecule has 92 valence electrons. The molecule has 2 aromatic heterocycles. The van der Waals surface area contributed by atoms with Crippen molar-refractivity contribution in [1.29, 1.82) is 0 Å². The number of carbonyl (C=O) groups is 1. The normalized spacial score (nSPS) is 9.83. The first kappa shape index (κ1) is 12.0. The van der Waals surface area contributed by atoms with Crippen LogP contribution in [0.25, 0.3) is 0 Å². The molecular formula is C13H13N3O2. The van der Waals surface area contributed by atoms with E-state index in [0.717, 1.165) is 5.69 Å². The standard InChI is InChI=1S/C13H13N3O2/c1-18-13(17)11-6-4-8-15-12(11)16-9-10-5-2-3-7-14-10/h2-8H,9H2,1H3,(H,15,16). The fourth-order valence-corrected chi connectivity index (χ4v) is 1.50. The molecule has 0 aromatic carbocycles. The van der Waals surface area contributed by atoms with Crippen molar-refractivity contribution in [3.63, 3.8) is 0 Å². The van der Waals surface area contributed by atoms with Crippen LogP contribution in [0.15, 0.2) is 42.7 Å². The van der Waals surface area contributed by atoms with E-state index >= 15 is 0 Å². The van der Waals surface area contributed by atoms with E-state index in [0.29, 0.717) is 17.9 Å². The van der Waals surface area contributed by atoms with E-state index in [9.17, 15) is 4.79 Å².